The Morgan fingerprint density at radius 1 is 1.14 bits per heavy atom. The number of nitrogens with zero attached hydrogens (tertiary/aromatic N) is 2. The van der Waals surface area contributed by atoms with Crippen LogP contribution in [0.5, 0.6) is 0 Å². The van der Waals surface area contributed by atoms with Gasteiger partial charge in [-0.05, 0) is 50.6 Å². The summed E-state index contributed by atoms with van der Waals surface area (Å²) in [7, 11) is 2.17. The monoisotopic (exact) mass is 301 g/mol. The van der Waals surface area contributed by atoms with Gasteiger partial charge in [0.1, 0.15) is 0 Å². The number of nitrogens with one attached hydrogen (secondary N) is 1. The maximum absolute atomic E-state index is 12.3. The van der Waals surface area contributed by atoms with Crippen molar-refractivity contribution in [3.05, 3.63) is 23.8 Å². The highest BCUT2D eigenvalue weighted by atomic mass is 16.1. The highest BCUT2D eigenvalue weighted by Gasteiger charge is 2.23. The van der Waals surface area contributed by atoms with Gasteiger partial charge in [0.2, 0.25) is 5.91 Å². The third-order valence-corrected chi connectivity index (χ3v) is 5.06. The maximum Gasteiger partial charge on any atom is 0.227 e. The van der Waals surface area contributed by atoms with E-state index >= 15 is 0 Å². The van der Waals surface area contributed by atoms with Crippen LogP contribution in [0.2, 0.25) is 0 Å². The Morgan fingerprint density at radius 3 is 2.45 bits per heavy atom. The average Bonchev–Trinajstić information content (AvgIpc) is 3.04. The van der Waals surface area contributed by atoms with E-state index in [1.807, 2.05) is 0 Å². The number of carbonyl (C=O) groups is 1. The van der Waals surface area contributed by atoms with Crippen molar-refractivity contribution in [2.24, 2.45) is 5.92 Å². The zero-order valence-corrected chi connectivity index (χ0v) is 13.8. The molecule has 1 amide bonds. The molecule has 1 aromatic carbocycles. The Labute approximate surface area is 133 Å². The summed E-state index contributed by atoms with van der Waals surface area (Å²) in [6, 6.07) is 6.41. The molecule has 0 aromatic heterocycles. The Kier molecular flexibility index (Phi) is 4.67. The van der Waals surface area contributed by atoms with Crippen molar-refractivity contribution in [2.75, 3.05) is 43.4 Å². The Morgan fingerprint density at radius 2 is 1.82 bits per heavy atom. The van der Waals surface area contributed by atoms with Gasteiger partial charge in [0.25, 0.3) is 0 Å². The van der Waals surface area contributed by atoms with Gasteiger partial charge in [-0.3, -0.25) is 4.79 Å². The van der Waals surface area contributed by atoms with Crippen LogP contribution < -0.4 is 10.2 Å². The van der Waals surface area contributed by atoms with E-state index < -0.39 is 0 Å². The molecular weight excluding hydrogens is 274 g/mol. The van der Waals surface area contributed by atoms with E-state index in [4.69, 9.17) is 0 Å². The maximum atomic E-state index is 12.3. The number of piperazine rings is 1. The van der Waals surface area contributed by atoms with E-state index in [0.29, 0.717) is 0 Å². The van der Waals surface area contributed by atoms with Crippen LogP contribution in [0.15, 0.2) is 18.2 Å². The second kappa shape index (κ2) is 6.69. The Bertz CT molecular complexity index is 529. The Balaban J connectivity index is 1.65. The predicted molar refractivity (Wildman–Crippen MR) is 91.5 cm³/mol. The van der Waals surface area contributed by atoms with Gasteiger partial charge in [-0.2, -0.15) is 0 Å². The van der Waals surface area contributed by atoms with Crippen LogP contribution in [0.4, 0.5) is 11.4 Å². The van der Waals surface area contributed by atoms with Crippen LogP contribution in [0.25, 0.3) is 0 Å². The number of amides is 1. The molecule has 0 unspecified atom stereocenters. The lowest BCUT2D eigenvalue weighted by Crippen LogP contribution is -2.44. The molecule has 4 nitrogen and oxygen atoms in total. The summed E-state index contributed by atoms with van der Waals surface area (Å²) in [5.74, 6) is 0.421. The van der Waals surface area contributed by atoms with E-state index in [1.54, 1.807) is 0 Å². The minimum atomic E-state index is 0.202. The summed E-state index contributed by atoms with van der Waals surface area (Å²) >= 11 is 0. The van der Waals surface area contributed by atoms with E-state index in [-0.39, 0.29) is 11.8 Å². The highest BCUT2D eigenvalue weighted by Crippen LogP contribution is 2.28. The molecule has 1 saturated carbocycles. The SMILES string of the molecule is Cc1cc(N2CCN(C)CC2)ccc1NC(=O)C1CCCC1. The molecule has 1 aromatic rings. The molecule has 1 aliphatic carbocycles. The molecule has 0 atom stereocenters. The summed E-state index contributed by atoms with van der Waals surface area (Å²) in [6.07, 6.45) is 4.48. The zero-order chi connectivity index (χ0) is 15.5. The molecule has 0 radical (unpaired) electrons. The molecule has 2 fully saturated rings. The summed E-state index contributed by atoms with van der Waals surface area (Å²) in [5.41, 5.74) is 3.39. The second-order valence-corrected chi connectivity index (χ2v) is 6.76. The van der Waals surface area contributed by atoms with Crippen molar-refractivity contribution in [3.8, 4) is 0 Å². The van der Waals surface area contributed by atoms with Crippen LogP contribution in [-0.2, 0) is 4.79 Å². The molecule has 0 bridgehead atoms. The van der Waals surface area contributed by atoms with Crippen LogP contribution in [0.3, 0.4) is 0 Å². The van der Waals surface area contributed by atoms with E-state index in [2.05, 4.69) is 47.3 Å². The number of likely N-dealkylation sites (N-methyl/N-ethyl adjacent to an activating group) is 1. The van der Waals surface area contributed by atoms with Crippen molar-refractivity contribution in [1.82, 2.24) is 4.90 Å². The first-order chi connectivity index (χ1) is 10.6. The number of hydrogen-bond donors (Lipinski definition) is 1. The van der Waals surface area contributed by atoms with E-state index in [0.717, 1.165) is 50.3 Å². The molecule has 2 aliphatic rings. The predicted octanol–water partition coefficient (Wildman–Crippen LogP) is 2.88. The number of hydrogen-bond acceptors (Lipinski definition) is 3. The fourth-order valence-electron chi connectivity index (χ4n) is 3.47. The first-order valence-corrected chi connectivity index (χ1v) is 8.48. The highest BCUT2D eigenvalue weighted by molar-refractivity contribution is 5.93. The number of aryl methyl sites for hydroxylation is 1. The Hall–Kier alpha value is -1.55. The quantitative estimate of drug-likeness (QED) is 0.932. The molecule has 1 heterocycles. The lowest BCUT2D eigenvalue weighted by atomic mass is 10.1. The third kappa shape index (κ3) is 3.43. The first kappa shape index (κ1) is 15.3. The van der Waals surface area contributed by atoms with Gasteiger partial charge >= 0.3 is 0 Å². The summed E-state index contributed by atoms with van der Waals surface area (Å²) < 4.78 is 0. The van der Waals surface area contributed by atoms with Crippen molar-refractivity contribution in [2.45, 2.75) is 32.6 Å². The minimum absolute atomic E-state index is 0.202. The van der Waals surface area contributed by atoms with Gasteiger partial charge in [0.05, 0.1) is 0 Å². The molecule has 120 valence electrons. The van der Waals surface area contributed by atoms with Crippen molar-refractivity contribution in [3.63, 3.8) is 0 Å². The first-order valence-electron chi connectivity index (χ1n) is 8.48. The summed E-state index contributed by atoms with van der Waals surface area (Å²) in [6.45, 7) is 6.45. The molecular formula is C18H27N3O. The molecule has 4 heteroatoms. The molecule has 1 N–H and O–H groups in total. The number of carbonyl (C=O) groups excluding carboxylic acids is 1. The summed E-state index contributed by atoms with van der Waals surface area (Å²) in [5, 5.41) is 3.12. The lowest BCUT2D eigenvalue weighted by Gasteiger charge is -2.34. The van der Waals surface area contributed by atoms with Crippen LogP contribution in [0, 0.1) is 12.8 Å². The molecule has 1 aliphatic heterocycles. The summed E-state index contributed by atoms with van der Waals surface area (Å²) in [4.78, 5) is 17.0. The average molecular weight is 301 g/mol. The van der Waals surface area contributed by atoms with Gasteiger partial charge in [0.15, 0.2) is 0 Å². The zero-order valence-electron chi connectivity index (χ0n) is 13.8. The lowest BCUT2D eigenvalue weighted by molar-refractivity contribution is -0.119. The topological polar surface area (TPSA) is 35.6 Å². The molecule has 22 heavy (non-hydrogen) atoms. The normalized spacial score (nSPS) is 20.4. The number of rotatable bonds is 3. The number of benzene rings is 1. The minimum Gasteiger partial charge on any atom is -0.369 e. The van der Waals surface area contributed by atoms with Crippen LogP contribution in [-0.4, -0.2) is 44.0 Å². The molecule has 1 saturated heterocycles. The van der Waals surface area contributed by atoms with Gasteiger partial charge in [-0.15, -0.1) is 0 Å². The van der Waals surface area contributed by atoms with Gasteiger partial charge in [0, 0.05) is 43.5 Å². The fraction of sp³-hybridized carbons (Fsp3) is 0.611. The van der Waals surface area contributed by atoms with Crippen LogP contribution >= 0.6 is 0 Å². The smallest absolute Gasteiger partial charge is 0.227 e. The van der Waals surface area contributed by atoms with E-state index in [9.17, 15) is 4.79 Å². The standard InChI is InChI=1S/C18H27N3O/c1-14-13-16(21-11-9-20(2)10-12-21)7-8-17(14)19-18(22)15-5-3-4-6-15/h7-8,13,15H,3-6,9-12H2,1-2H3,(H,19,22). The second-order valence-electron chi connectivity index (χ2n) is 6.76. The van der Waals surface area contributed by atoms with Crippen LogP contribution in [0.1, 0.15) is 31.2 Å². The van der Waals surface area contributed by atoms with Crippen molar-refractivity contribution in [1.29, 1.82) is 0 Å². The number of anilines is 2. The van der Waals surface area contributed by atoms with E-state index in [1.165, 1.54) is 18.5 Å². The molecule has 0 spiro atoms. The largest absolute Gasteiger partial charge is 0.369 e. The van der Waals surface area contributed by atoms with Crippen molar-refractivity contribution < 1.29 is 4.79 Å². The molecule has 3 rings (SSSR count). The van der Waals surface area contributed by atoms with Gasteiger partial charge < -0.3 is 15.1 Å². The van der Waals surface area contributed by atoms with Gasteiger partial charge in [-0.25, -0.2) is 0 Å². The van der Waals surface area contributed by atoms with Crippen molar-refractivity contribution >= 4 is 17.3 Å². The van der Waals surface area contributed by atoms with Gasteiger partial charge in [-0.1, -0.05) is 12.8 Å². The third-order valence-electron chi connectivity index (χ3n) is 5.06. The fourth-order valence-corrected chi connectivity index (χ4v) is 3.47.